The summed E-state index contributed by atoms with van der Waals surface area (Å²) in [5, 5.41) is 12.2. The molecular weight excluding hydrogens is 314 g/mol. The van der Waals surface area contributed by atoms with Crippen molar-refractivity contribution in [2.75, 3.05) is 5.32 Å². The number of aryl methyl sites for hydroxylation is 2. The van der Waals surface area contributed by atoms with Crippen molar-refractivity contribution in [2.45, 2.75) is 26.2 Å². The van der Waals surface area contributed by atoms with Crippen molar-refractivity contribution in [1.29, 1.82) is 0 Å². The molecule has 2 N–H and O–H groups in total. The lowest BCUT2D eigenvalue weighted by molar-refractivity contribution is 0.102. The number of H-pyrrole nitrogens is 1. The summed E-state index contributed by atoms with van der Waals surface area (Å²) in [6.45, 7) is 2.12. The summed E-state index contributed by atoms with van der Waals surface area (Å²) in [5.41, 5.74) is 1.64. The minimum Gasteiger partial charge on any atom is -0.306 e. The minimum atomic E-state index is -0.269. The number of amides is 1. The first kappa shape index (κ1) is 15.4. The van der Waals surface area contributed by atoms with Gasteiger partial charge in [-0.2, -0.15) is 0 Å². The highest BCUT2D eigenvalue weighted by Gasteiger charge is 2.12. The molecule has 3 aromatic rings. The first-order chi connectivity index (χ1) is 11.1. The van der Waals surface area contributed by atoms with Gasteiger partial charge in [0.2, 0.25) is 5.13 Å². The number of anilines is 1. The zero-order valence-electron chi connectivity index (χ0n) is 12.9. The van der Waals surface area contributed by atoms with Gasteiger partial charge in [0.25, 0.3) is 5.91 Å². The van der Waals surface area contributed by atoms with Crippen molar-refractivity contribution in [2.24, 2.45) is 7.05 Å². The molecule has 0 atom stereocenters. The molecule has 0 saturated carbocycles. The fourth-order valence-corrected chi connectivity index (χ4v) is 3.06. The van der Waals surface area contributed by atoms with E-state index >= 15 is 0 Å². The molecule has 0 aliphatic heterocycles. The molecule has 0 aliphatic rings. The van der Waals surface area contributed by atoms with Gasteiger partial charge in [0.15, 0.2) is 0 Å². The Bertz CT molecular complexity index is 908. The number of hydrogen-bond donors (Lipinski definition) is 2. The maximum Gasteiger partial charge on any atom is 0.326 e. The van der Waals surface area contributed by atoms with Gasteiger partial charge in [-0.15, -0.1) is 10.2 Å². The van der Waals surface area contributed by atoms with Crippen LogP contribution in [0.1, 0.15) is 35.1 Å². The first-order valence-electron chi connectivity index (χ1n) is 7.41. The highest BCUT2D eigenvalue weighted by Crippen LogP contribution is 2.19. The molecule has 1 amide bonds. The van der Waals surface area contributed by atoms with Crippen LogP contribution in [0.15, 0.2) is 23.0 Å². The molecule has 0 radical (unpaired) electrons. The lowest BCUT2D eigenvalue weighted by Crippen LogP contribution is -2.11. The third-order valence-corrected chi connectivity index (χ3v) is 4.50. The monoisotopic (exact) mass is 331 g/mol. The van der Waals surface area contributed by atoms with Gasteiger partial charge in [-0.05, 0) is 24.6 Å². The van der Waals surface area contributed by atoms with Crippen LogP contribution >= 0.6 is 11.3 Å². The summed E-state index contributed by atoms with van der Waals surface area (Å²) < 4.78 is 1.50. The van der Waals surface area contributed by atoms with Gasteiger partial charge in [0.05, 0.1) is 11.0 Å². The zero-order chi connectivity index (χ0) is 16.4. The molecular formula is C15H17N5O2S. The Balaban J connectivity index is 1.77. The standard InChI is InChI=1S/C15H17N5O2S/c1-3-4-5-12-18-19-14(23-12)17-13(21)9-6-7-11-10(8-9)16-15(22)20(11)2/h6-8H,3-5H2,1-2H3,(H,16,22)(H,17,19,21). The number of fused-ring (bicyclic) bond motifs is 1. The molecule has 7 nitrogen and oxygen atoms in total. The third-order valence-electron chi connectivity index (χ3n) is 3.60. The molecule has 2 heterocycles. The highest BCUT2D eigenvalue weighted by atomic mass is 32.1. The van der Waals surface area contributed by atoms with Gasteiger partial charge >= 0.3 is 5.69 Å². The second kappa shape index (κ2) is 6.33. The Morgan fingerprint density at radius 2 is 2.22 bits per heavy atom. The number of unbranched alkanes of at least 4 members (excludes halogenated alkanes) is 1. The van der Waals surface area contributed by atoms with Crippen LogP contribution in [-0.4, -0.2) is 25.7 Å². The number of hydrogen-bond acceptors (Lipinski definition) is 5. The van der Waals surface area contributed by atoms with Gasteiger partial charge in [-0.25, -0.2) is 4.79 Å². The number of carbonyl (C=O) groups is 1. The first-order valence-corrected chi connectivity index (χ1v) is 8.22. The number of nitrogens with zero attached hydrogens (tertiary/aromatic N) is 3. The smallest absolute Gasteiger partial charge is 0.306 e. The van der Waals surface area contributed by atoms with Crippen LogP contribution in [0.3, 0.4) is 0 Å². The lowest BCUT2D eigenvalue weighted by Gasteiger charge is -2.01. The zero-order valence-corrected chi connectivity index (χ0v) is 13.7. The van der Waals surface area contributed by atoms with E-state index in [9.17, 15) is 9.59 Å². The summed E-state index contributed by atoms with van der Waals surface area (Å²) in [5.74, 6) is -0.269. The maximum atomic E-state index is 12.3. The second-order valence-electron chi connectivity index (χ2n) is 5.28. The number of benzene rings is 1. The van der Waals surface area contributed by atoms with Gasteiger partial charge in [0.1, 0.15) is 5.01 Å². The van der Waals surface area contributed by atoms with Gasteiger partial charge in [-0.1, -0.05) is 24.7 Å². The highest BCUT2D eigenvalue weighted by molar-refractivity contribution is 7.15. The lowest BCUT2D eigenvalue weighted by atomic mass is 10.2. The van der Waals surface area contributed by atoms with Crippen molar-refractivity contribution in [3.05, 3.63) is 39.3 Å². The average Bonchev–Trinajstić information content (AvgIpc) is 3.10. The minimum absolute atomic E-state index is 0.206. The fraction of sp³-hybridized carbons (Fsp3) is 0.333. The van der Waals surface area contributed by atoms with Crippen molar-refractivity contribution in [3.63, 3.8) is 0 Å². The predicted octanol–water partition coefficient (Wildman–Crippen LogP) is 2.31. The van der Waals surface area contributed by atoms with Crippen LogP contribution in [0.5, 0.6) is 0 Å². The molecule has 2 aromatic heterocycles. The van der Waals surface area contributed by atoms with Crippen molar-refractivity contribution in [1.82, 2.24) is 19.7 Å². The predicted molar refractivity (Wildman–Crippen MR) is 90.0 cm³/mol. The van der Waals surface area contributed by atoms with Crippen molar-refractivity contribution >= 4 is 33.4 Å². The number of aromatic nitrogens is 4. The largest absolute Gasteiger partial charge is 0.326 e. The summed E-state index contributed by atoms with van der Waals surface area (Å²) in [7, 11) is 1.68. The molecule has 8 heteroatoms. The fourth-order valence-electron chi connectivity index (χ4n) is 2.28. The topological polar surface area (TPSA) is 92.7 Å². The molecule has 0 saturated heterocycles. The van der Waals surface area contributed by atoms with E-state index in [4.69, 9.17) is 0 Å². The Morgan fingerprint density at radius 1 is 1.39 bits per heavy atom. The summed E-state index contributed by atoms with van der Waals surface area (Å²) >= 11 is 1.39. The number of rotatable bonds is 5. The van der Waals surface area contributed by atoms with Crippen LogP contribution < -0.4 is 11.0 Å². The molecule has 0 spiro atoms. The van der Waals surface area contributed by atoms with E-state index in [1.165, 1.54) is 15.9 Å². The number of carbonyl (C=O) groups excluding carboxylic acids is 1. The maximum absolute atomic E-state index is 12.3. The number of imidazole rings is 1. The van der Waals surface area contributed by atoms with Crippen LogP contribution in [-0.2, 0) is 13.5 Å². The summed E-state index contributed by atoms with van der Waals surface area (Å²) in [4.78, 5) is 26.6. The molecule has 3 rings (SSSR count). The summed E-state index contributed by atoms with van der Waals surface area (Å²) in [6, 6.07) is 5.09. The van der Waals surface area contributed by atoms with Crippen LogP contribution in [0, 0.1) is 0 Å². The van der Waals surface area contributed by atoms with E-state index in [2.05, 4.69) is 27.4 Å². The second-order valence-corrected chi connectivity index (χ2v) is 6.34. The van der Waals surface area contributed by atoms with Gasteiger partial charge in [-0.3, -0.25) is 14.7 Å². The Hall–Kier alpha value is -2.48. The molecule has 0 fully saturated rings. The quantitative estimate of drug-likeness (QED) is 0.750. The van der Waals surface area contributed by atoms with E-state index in [0.717, 1.165) is 29.8 Å². The van der Waals surface area contributed by atoms with Crippen LogP contribution in [0.25, 0.3) is 11.0 Å². The van der Waals surface area contributed by atoms with Crippen molar-refractivity contribution in [3.8, 4) is 0 Å². The number of nitrogens with one attached hydrogen (secondary N) is 2. The molecule has 120 valence electrons. The SMILES string of the molecule is CCCCc1nnc(NC(=O)c2ccc3c(c2)[nH]c(=O)n3C)s1. The van der Waals surface area contributed by atoms with E-state index in [1.54, 1.807) is 25.2 Å². The molecule has 0 unspecified atom stereocenters. The van der Waals surface area contributed by atoms with Gasteiger partial charge in [0, 0.05) is 19.0 Å². The van der Waals surface area contributed by atoms with Crippen LogP contribution in [0.2, 0.25) is 0 Å². The Morgan fingerprint density at radius 3 is 3.00 bits per heavy atom. The van der Waals surface area contributed by atoms with E-state index in [-0.39, 0.29) is 11.6 Å². The van der Waals surface area contributed by atoms with E-state index in [1.807, 2.05) is 0 Å². The molecule has 0 aliphatic carbocycles. The number of aromatic amines is 1. The summed E-state index contributed by atoms with van der Waals surface area (Å²) in [6.07, 6.45) is 3.03. The Kier molecular flexibility index (Phi) is 4.24. The van der Waals surface area contributed by atoms with Gasteiger partial charge < -0.3 is 4.98 Å². The van der Waals surface area contributed by atoms with Crippen molar-refractivity contribution < 1.29 is 4.79 Å². The third kappa shape index (κ3) is 3.16. The molecule has 1 aromatic carbocycles. The normalized spacial score (nSPS) is 11.0. The average molecular weight is 331 g/mol. The van der Waals surface area contributed by atoms with E-state index < -0.39 is 0 Å². The van der Waals surface area contributed by atoms with E-state index in [0.29, 0.717) is 16.2 Å². The Labute approximate surface area is 136 Å². The molecule has 0 bridgehead atoms. The molecule has 23 heavy (non-hydrogen) atoms. The van der Waals surface area contributed by atoms with Crippen LogP contribution in [0.4, 0.5) is 5.13 Å².